The van der Waals surface area contributed by atoms with E-state index in [0.29, 0.717) is 31.7 Å². The van der Waals surface area contributed by atoms with Crippen molar-refractivity contribution in [1.29, 1.82) is 0 Å². The lowest BCUT2D eigenvalue weighted by molar-refractivity contribution is -0.143. The molecule has 3 N–H and O–H groups in total. The molecule has 0 unspecified atom stereocenters. The van der Waals surface area contributed by atoms with Gasteiger partial charge in [0.25, 0.3) is 5.91 Å². The first-order chi connectivity index (χ1) is 15.4. The molecule has 0 aromatic carbocycles. The number of hydrogen-bond acceptors (Lipinski definition) is 8. The monoisotopic (exact) mass is 456 g/mol. The summed E-state index contributed by atoms with van der Waals surface area (Å²) in [5.41, 5.74) is 2.57. The Hall–Kier alpha value is -2.24. The number of carbonyl (C=O) groups excluding carboxylic acids is 3. The SMILES string of the molecule is COCCOC(=O)N(NCCC(=O)O)C(=O)[C@@H]1CCCN(C(=O)CCC2CCNCC2)C1. The number of carboxylic acids is 1. The Bertz CT molecular complexity index is 640. The van der Waals surface area contributed by atoms with Crippen molar-refractivity contribution >= 4 is 23.9 Å². The third kappa shape index (κ3) is 8.71. The van der Waals surface area contributed by atoms with Gasteiger partial charge in [-0.1, -0.05) is 0 Å². The Kier molecular flexibility index (Phi) is 11.4. The highest BCUT2D eigenvalue weighted by Crippen LogP contribution is 2.22. The Balaban J connectivity index is 1.91. The van der Waals surface area contributed by atoms with Crippen LogP contribution in [-0.2, 0) is 23.9 Å². The lowest BCUT2D eigenvalue weighted by atomic mass is 9.92. The molecule has 11 heteroatoms. The van der Waals surface area contributed by atoms with E-state index in [1.54, 1.807) is 4.90 Å². The second-order valence-corrected chi connectivity index (χ2v) is 8.24. The molecule has 0 aliphatic carbocycles. The molecule has 3 amide bonds. The molecule has 2 saturated heterocycles. The molecular formula is C21H36N4O7. The highest BCUT2D eigenvalue weighted by Gasteiger charge is 2.34. The van der Waals surface area contributed by atoms with Crippen LogP contribution in [0.2, 0.25) is 0 Å². The normalized spacial score (nSPS) is 19.4. The summed E-state index contributed by atoms with van der Waals surface area (Å²) in [4.78, 5) is 50.7. The minimum absolute atomic E-state index is 0.0360. The number of aliphatic carboxylic acids is 1. The van der Waals surface area contributed by atoms with Crippen LogP contribution in [0.4, 0.5) is 4.79 Å². The molecule has 2 rings (SSSR count). The van der Waals surface area contributed by atoms with Gasteiger partial charge < -0.3 is 24.8 Å². The zero-order chi connectivity index (χ0) is 23.3. The minimum atomic E-state index is -1.05. The summed E-state index contributed by atoms with van der Waals surface area (Å²) in [5.74, 6) is -1.54. The van der Waals surface area contributed by atoms with Gasteiger partial charge in [-0.2, -0.15) is 5.01 Å². The Morgan fingerprint density at radius 3 is 2.56 bits per heavy atom. The van der Waals surface area contributed by atoms with Gasteiger partial charge in [0.15, 0.2) is 0 Å². The molecule has 2 aliphatic heterocycles. The van der Waals surface area contributed by atoms with Crippen molar-refractivity contribution in [2.24, 2.45) is 11.8 Å². The van der Waals surface area contributed by atoms with Gasteiger partial charge in [0, 0.05) is 33.2 Å². The fourth-order valence-electron chi connectivity index (χ4n) is 4.03. The maximum absolute atomic E-state index is 13.1. The van der Waals surface area contributed by atoms with Gasteiger partial charge in [-0.3, -0.25) is 14.4 Å². The van der Waals surface area contributed by atoms with E-state index >= 15 is 0 Å². The first-order valence-electron chi connectivity index (χ1n) is 11.4. The van der Waals surface area contributed by atoms with Crippen LogP contribution in [0.3, 0.4) is 0 Å². The van der Waals surface area contributed by atoms with Crippen molar-refractivity contribution in [2.45, 2.75) is 44.9 Å². The number of rotatable bonds is 11. The number of carbonyl (C=O) groups is 4. The summed E-state index contributed by atoms with van der Waals surface area (Å²) in [7, 11) is 1.46. The van der Waals surface area contributed by atoms with Crippen molar-refractivity contribution in [3.63, 3.8) is 0 Å². The number of carboxylic acid groups (broad SMARTS) is 1. The molecule has 0 aromatic rings. The zero-order valence-electron chi connectivity index (χ0n) is 18.8. The topological polar surface area (TPSA) is 138 Å². The van der Waals surface area contributed by atoms with Crippen molar-refractivity contribution in [3.8, 4) is 0 Å². The summed E-state index contributed by atoms with van der Waals surface area (Å²) < 4.78 is 9.88. The fraction of sp³-hybridized carbons (Fsp3) is 0.810. The van der Waals surface area contributed by atoms with Gasteiger partial charge in [0.1, 0.15) is 6.61 Å². The van der Waals surface area contributed by atoms with Gasteiger partial charge in [-0.15, -0.1) is 0 Å². The molecule has 0 bridgehead atoms. The van der Waals surface area contributed by atoms with Gasteiger partial charge in [0.2, 0.25) is 5.91 Å². The van der Waals surface area contributed by atoms with Crippen LogP contribution in [0, 0.1) is 11.8 Å². The maximum Gasteiger partial charge on any atom is 0.431 e. The standard InChI is InChI=1S/C21H36N4O7/c1-31-13-14-32-21(30)25(23-11-8-19(27)28)20(29)17-3-2-12-24(15-17)18(26)5-4-16-6-9-22-10-7-16/h16-17,22-23H,2-15H2,1H3,(H,27,28)/t17-/m1/s1. The lowest BCUT2D eigenvalue weighted by Gasteiger charge is -2.34. The van der Waals surface area contributed by atoms with E-state index in [-0.39, 0.29) is 38.6 Å². The quantitative estimate of drug-likeness (QED) is 0.301. The second-order valence-electron chi connectivity index (χ2n) is 8.24. The molecule has 2 fully saturated rings. The van der Waals surface area contributed by atoms with Crippen molar-refractivity contribution in [3.05, 3.63) is 0 Å². The summed E-state index contributed by atoms with van der Waals surface area (Å²) in [6, 6.07) is 0. The van der Waals surface area contributed by atoms with E-state index in [2.05, 4.69) is 10.7 Å². The van der Waals surface area contributed by atoms with Gasteiger partial charge in [-0.25, -0.2) is 10.2 Å². The number of nitrogens with one attached hydrogen (secondary N) is 2. The smallest absolute Gasteiger partial charge is 0.431 e. The zero-order valence-corrected chi connectivity index (χ0v) is 18.8. The molecule has 0 saturated carbocycles. The summed E-state index contributed by atoms with van der Waals surface area (Å²) in [6.45, 7) is 2.85. The number of ether oxygens (including phenoxy) is 2. The first-order valence-corrected chi connectivity index (χ1v) is 11.4. The molecule has 0 radical (unpaired) electrons. The first kappa shape index (κ1) is 26.0. The molecular weight excluding hydrogens is 420 g/mol. The Labute approximate surface area is 188 Å². The lowest BCUT2D eigenvalue weighted by Crippen LogP contribution is -2.54. The molecule has 2 aliphatic rings. The number of piperidine rings is 2. The number of imide groups is 1. The Morgan fingerprint density at radius 1 is 1.12 bits per heavy atom. The van der Waals surface area contributed by atoms with Crippen LogP contribution in [0.15, 0.2) is 0 Å². The third-order valence-corrected chi connectivity index (χ3v) is 5.87. The van der Waals surface area contributed by atoms with E-state index < -0.39 is 23.9 Å². The van der Waals surface area contributed by atoms with Crippen LogP contribution in [0.25, 0.3) is 0 Å². The van der Waals surface area contributed by atoms with Crippen molar-refractivity contribution in [1.82, 2.24) is 20.7 Å². The molecule has 0 aromatic heterocycles. The van der Waals surface area contributed by atoms with Crippen LogP contribution in [0.1, 0.15) is 44.9 Å². The molecule has 2 heterocycles. The van der Waals surface area contributed by atoms with Crippen LogP contribution in [0.5, 0.6) is 0 Å². The minimum Gasteiger partial charge on any atom is -0.481 e. The van der Waals surface area contributed by atoms with Gasteiger partial charge in [-0.05, 0) is 51.1 Å². The fourth-order valence-corrected chi connectivity index (χ4v) is 4.03. The molecule has 11 nitrogen and oxygen atoms in total. The van der Waals surface area contributed by atoms with E-state index in [0.717, 1.165) is 37.4 Å². The van der Waals surface area contributed by atoms with Crippen molar-refractivity contribution < 1.29 is 33.8 Å². The van der Waals surface area contributed by atoms with Crippen LogP contribution in [-0.4, -0.2) is 91.9 Å². The number of amides is 3. The number of likely N-dealkylation sites (tertiary alicyclic amines) is 1. The summed E-state index contributed by atoms with van der Waals surface area (Å²) >= 11 is 0. The third-order valence-electron chi connectivity index (χ3n) is 5.87. The highest BCUT2D eigenvalue weighted by molar-refractivity contribution is 5.93. The summed E-state index contributed by atoms with van der Waals surface area (Å²) in [6.07, 6.45) is 3.51. The number of methoxy groups -OCH3 is 1. The largest absolute Gasteiger partial charge is 0.481 e. The molecule has 182 valence electrons. The molecule has 32 heavy (non-hydrogen) atoms. The van der Waals surface area contributed by atoms with Crippen LogP contribution < -0.4 is 10.7 Å². The van der Waals surface area contributed by atoms with Gasteiger partial charge in [0.05, 0.1) is 18.9 Å². The average molecular weight is 457 g/mol. The number of hydrogen-bond donors (Lipinski definition) is 3. The number of hydrazine groups is 1. The number of nitrogens with zero attached hydrogens (tertiary/aromatic N) is 2. The maximum atomic E-state index is 13.1. The predicted molar refractivity (Wildman–Crippen MR) is 114 cm³/mol. The summed E-state index contributed by atoms with van der Waals surface area (Å²) in [5, 5.41) is 12.9. The van der Waals surface area contributed by atoms with E-state index in [4.69, 9.17) is 14.6 Å². The highest BCUT2D eigenvalue weighted by atomic mass is 16.6. The van der Waals surface area contributed by atoms with E-state index in [9.17, 15) is 19.2 Å². The predicted octanol–water partition coefficient (Wildman–Crippen LogP) is 0.596. The second kappa shape index (κ2) is 14.0. The van der Waals surface area contributed by atoms with Crippen molar-refractivity contribution in [2.75, 3.05) is 53.0 Å². The average Bonchev–Trinajstić information content (AvgIpc) is 2.80. The molecule has 1 atom stereocenters. The molecule has 0 spiro atoms. The Morgan fingerprint density at radius 2 is 1.88 bits per heavy atom. The van der Waals surface area contributed by atoms with Gasteiger partial charge >= 0.3 is 12.1 Å². The van der Waals surface area contributed by atoms with E-state index in [1.807, 2.05) is 0 Å². The van der Waals surface area contributed by atoms with E-state index in [1.165, 1.54) is 7.11 Å². The van der Waals surface area contributed by atoms with Crippen LogP contribution >= 0.6 is 0 Å².